The maximum atomic E-state index is 13.0. The van der Waals surface area contributed by atoms with E-state index in [4.69, 9.17) is 0 Å². The Morgan fingerprint density at radius 1 is 0.889 bits per heavy atom. The highest BCUT2D eigenvalue weighted by molar-refractivity contribution is 5.90. The third-order valence-electron chi connectivity index (χ3n) is 7.73. The topological polar surface area (TPSA) is 92.9 Å². The van der Waals surface area contributed by atoms with Crippen molar-refractivity contribution in [1.29, 1.82) is 0 Å². The summed E-state index contributed by atoms with van der Waals surface area (Å²) in [7, 11) is 0. The minimum Gasteiger partial charge on any atom is -0.347 e. The first-order chi connectivity index (χ1) is 17.7. The Kier molecular flexibility index (Phi) is 8.46. The van der Waals surface area contributed by atoms with E-state index >= 15 is 0 Å². The van der Waals surface area contributed by atoms with Crippen LogP contribution in [-0.2, 0) is 19.6 Å². The van der Waals surface area contributed by atoms with Crippen molar-refractivity contribution >= 4 is 5.91 Å². The van der Waals surface area contributed by atoms with Crippen molar-refractivity contribution in [1.82, 2.24) is 35.1 Å². The number of aromatic nitrogens is 4. The number of H-pyrrole nitrogens is 2. The van der Waals surface area contributed by atoms with E-state index in [-0.39, 0.29) is 5.91 Å². The smallest absolute Gasteiger partial charge is 0.290 e. The molecule has 1 aliphatic carbocycles. The number of carbonyl (C=O) groups excluding carboxylic acids is 1. The minimum atomic E-state index is -0.141. The van der Waals surface area contributed by atoms with Crippen LogP contribution in [0, 0.1) is 0 Å². The van der Waals surface area contributed by atoms with Crippen LogP contribution in [-0.4, -0.2) is 60.8 Å². The second-order valence-corrected chi connectivity index (χ2v) is 10.3. The molecule has 1 saturated heterocycles. The van der Waals surface area contributed by atoms with Gasteiger partial charge in [-0.25, -0.2) is 9.97 Å². The highest BCUT2D eigenvalue weighted by Crippen LogP contribution is 2.25. The van der Waals surface area contributed by atoms with Gasteiger partial charge in [0.2, 0.25) is 0 Å². The molecule has 2 fully saturated rings. The highest BCUT2D eigenvalue weighted by atomic mass is 16.2. The fourth-order valence-electron chi connectivity index (χ4n) is 5.65. The molecule has 0 atom stereocenters. The third kappa shape index (κ3) is 6.62. The van der Waals surface area contributed by atoms with Gasteiger partial charge in [-0.05, 0) is 62.7 Å². The molecule has 0 unspecified atom stereocenters. The van der Waals surface area contributed by atoms with Gasteiger partial charge in [0.1, 0.15) is 5.82 Å². The number of carbonyl (C=O) groups is 1. The first-order valence-electron chi connectivity index (χ1n) is 13.6. The highest BCUT2D eigenvalue weighted by Gasteiger charge is 2.26. The number of aromatic amines is 2. The minimum absolute atomic E-state index is 0.141. The Morgan fingerprint density at radius 2 is 1.58 bits per heavy atom. The van der Waals surface area contributed by atoms with Gasteiger partial charge < -0.3 is 25.1 Å². The van der Waals surface area contributed by atoms with E-state index in [1.54, 1.807) is 29.7 Å². The molecular formula is C28H39N7O. The van der Waals surface area contributed by atoms with Gasteiger partial charge in [-0.2, -0.15) is 0 Å². The second-order valence-electron chi connectivity index (χ2n) is 10.3. The summed E-state index contributed by atoms with van der Waals surface area (Å²) in [5.74, 6) is 0.951. The molecule has 0 spiro atoms. The lowest BCUT2D eigenvalue weighted by Gasteiger charge is -2.36. The van der Waals surface area contributed by atoms with Gasteiger partial charge >= 0.3 is 0 Å². The predicted molar refractivity (Wildman–Crippen MR) is 140 cm³/mol. The van der Waals surface area contributed by atoms with Gasteiger partial charge in [-0.1, -0.05) is 37.1 Å². The number of nitrogens with zero attached hydrogens (tertiary/aromatic N) is 4. The molecule has 36 heavy (non-hydrogen) atoms. The first-order valence-corrected chi connectivity index (χ1v) is 13.6. The number of nitrogens with one attached hydrogen (secondary N) is 3. The van der Waals surface area contributed by atoms with Crippen LogP contribution in [0.15, 0.2) is 49.1 Å². The average Bonchev–Trinajstić information content (AvgIpc) is 3.58. The normalized spacial score (nSPS) is 21.2. The van der Waals surface area contributed by atoms with Crippen LogP contribution in [0.1, 0.15) is 78.9 Å². The number of hydrogen-bond donors (Lipinski definition) is 3. The summed E-state index contributed by atoms with van der Waals surface area (Å²) in [6, 6.07) is 10.0. The van der Waals surface area contributed by atoms with Gasteiger partial charge in [0.15, 0.2) is 5.82 Å². The molecule has 3 N–H and O–H groups in total. The molecule has 2 aromatic heterocycles. The second kappa shape index (κ2) is 12.3. The van der Waals surface area contributed by atoms with Crippen LogP contribution in [0.4, 0.5) is 0 Å². The molecule has 1 aromatic carbocycles. The zero-order valence-electron chi connectivity index (χ0n) is 21.2. The monoisotopic (exact) mass is 489 g/mol. The van der Waals surface area contributed by atoms with Crippen LogP contribution in [0.3, 0.4) is 0 Å². The largest absolute Gasteiger partial charge is 0.347 e. The zero-order chi connectivity index (χ0) is 24.6. The SMILES string of the molecule is O=C(c1ncc[nH]1)N(Cc1ccc(CNC2CCC(N3CCCCCC3)CC2)cc1)Cc1ncc[nH]1. The molecule has 1 aliphatic heterocycles. The van der Waals surface area contributed by atoms with Crippen LogP contribution in [0.5, 0.6) is 0 Å². The molecule has 8 heteroatoms. The van der Waals surface area contributed by atoms with Gasteiger partial charge in [0.25, 0.3) is 5.91 Å². The number of benzene rings is 1. The molecular weight excluding hydrogens is 450 g/mol. The van der Waals surface area contributed by atoms with Gasteiger partial charge in [-0.15, -0.1) is 0 Å². The summed E-state index contributed by atoms with van der Waals surface area (Å²) in [5.41, 5.74) is 2.37. The van der Waals surface area contributed by atoms with Crippen LogP contribution in [0.25, 0.3) is 0 Å². The quantitative estimate of drug-likeness (QED) is 0.418. The van der Waals surface area contributed by atoms with Gasteiger partial charge in [0.05, 0.1) is 6.54 Å². The number of rotatable bonds is 9. The molecule has 8 nitrogen and oxygen atoms in total. The first kappa shape index (κ1) is 24.7. The zero-order valence-corrected chi connectivity index (χ0v) is 21.2. The summed E-state index contributed by atoms with van der Waals surface area (Å²) in [6.45, 7) is 4.40. The Bertz CT molecular complexity index is 1030. The summed E-state index contributed by atoms with van der Waals surface area (Å²) in [4.78, 5) is 32.0. The fourth-order valence-corrected chi connectivity index (χ4v) is 5.65. The summed E-state index contributed by atoms with van der Waals surface area (Å²) >= 11 is 0. The van der Waals surface area contributed by atoms with Crippen molar-refractivity contribution in [3.63, 3.8) is 0 Å². The van der Waals surface area contributed by atoms with Crippen molar-refractivity contribution in [2.24, 2.45) is 0 Å². The standard InChI is InChI=1S/C28H39N7O/c36-28(27-31-15-16-32-27)35(21-26-29-13-14-30-26)20-23-7-5-22(6-8-23)19-33-24-9-11-25(12-10-24)34-17-3-1-2-4-18-34/h5-8,13-16,24-25,33H,1-4,9-12,17-21H2,(H,29,30)(H,31,32). The fraction of sp³-hybridized carbons (Fsp3) is 0.536. The van der Waals surface area contributed by atoms with Crippen molar-refractivity contribution in [2.75, 3.05) is 13.1 Å². The third-order valence-corrected chi connectivity index (χ3v) is 7.73. The van der Waals surface area contributed by atoms with Crippen molar-refractivity contribution in [3.05, 3.63) is 71.8 Å². The van der Waals surface area contributed by atoms with Crippen molar-refractivity contribution in [3.8, 4) is 0 Å². The maximum Gasteiger partial charge on any atom is 0.290 e. The van der Waals surface area contributed by atoms with Gasteiger partial charge in [0, 0.05) is 50.0 Å². The molecule has 0 radical (unpaired) electrons. The maximum absolute atomic E-state index is 13.0. The van der Waals surface area contributed by atoms with E-state index in [0.717, 1.165) is 24.0 Å². The Labute approximate surface area is 213 Å². The number of hydrogen-bond acceptors (Lipinski definition) is 5. The number of imidazole rings is 2. The Balaban J connectivity index is 1.11. The summed E-state index contributed by atoms with van der Waals surface area (Å²) < 4.78 is 0. The summed E-state index contributed by atoms with van der Waals surface area (Å²) in [5, 5.41) is 3.79. The molecule has 1 amide bonds. The average molecular weight is 490 g/mol. The number of likely N-dealkylation sites (tertiary alicyclic amines) is 1. The van der Waals surface area contributed by atoms with Crippen molar-refractivity contribution in [2.45, 2.75) is 83.1 Å². The Morgan fingerprint density at radius 3 is 2.25 bits per heavy atom. The lowest BCUT2D eigenvalue weighted by Crippen LogP contribution is -2.42. The van der Waals surface area contributed by atoms with E-state index in [1.807, 2.05) is 0 Å². The molecule has 192 valence electrons. The summed E-state index contributed by atoms with van der Waals surface area (Å²) in [6.07, 6.45) is 17.5. The predicted octanol–water partition coefficient (Wildman–Crippen LogP) is 4.25. The van der Waals surface area contributed by atoms with E-state index in [9.17, 15) is 4.79 Å². The Hall–Kier alpha value is -2.97. The molecule has 5 rings (SSSR count). The lowest BCUT2D eigenvalue weighted by atomic mass is 9.90. The number of amides is 1. The van der Waals surface area contributed by atoms with Crippen LogP contribution in [0.2, 0.25) is 0 Å². The molecule has 2 aliphatic rings. The van der Waals surface area contributed by atoms with E-state index < -0.39 is 0 Å². The van der Waals surface area contributed by atoms with Crippen LogP contribution >= 0.6 is 0 Å². The molecule has 0 bridgehead atoms. The lowest BCUT2D eigenvalue weighted by molar-refractivity contribution is 0.0714. The van der Waals surface area contributed by atoms with E-state index in [2.05, 4.69) is 54.4 Å². The van der Waals surface area contributed by atoms with Crippen molar-refractivity contribution < 1.29 is 4.79 Å². The molecule has 3 heterocycles. The van der Waals surface area contributed by atoms with E-state index in [1.165, 1.54) is 70.0 Å². The van der Waals surface area contributed by atoms with Crippen LogP contribution < -0.4 is 5.32 Å². The molecule has 1 saturated carbocycles. The van der Waals surface area contributed by atoms with E-state index in [0.29, 0.717) is 25.0 Å². The molecule has 3 aromatic rings. The van der Waals surface area contributed by atoms with Gasteiger partial charge in [-0.3, -0.25) is 4.79 Å².